The first-order valence-corrected chi connectivity index (χ1v) is 6.32. The molecule has 98 valence electrons. The van der Waals surface area contributed by atoms with Gasteiger partial charge in [-0.3, -0.25) is 10.1 Å². The minimum Gasteiger partial charge on any atom is -0.372 e. The van der Waals surface area contributed by atoms with Crippen molar-refractivity contribution < 1.29 is 4.92 Å². The third-order valence-corrected chi connectivity index (χ3v) is 3.69. The van der Waals surface area contributed by atoms with E-state index in [-0.39, 0.29) is 10.6 Å². The van der Waals surface area contributed by atoms with E-state index >= 15 is 0 Å². The summed E-state index contributed by atoms with van der Waals surface area (Å²) in [6.45, 7) is 4.51. The van der Waals surface area contributed by atoms with Crippen LogP contribution in [0, 0.1) is 23.0 Å². The fraction of sp³-hybridized carbons (Fsp3) is 0.538. The van der Waals surface area contributed by atoms with E-state index in [1.165, 1.54) is 0 Å². The predicted octanol–water partition coefficient (Wildman–Crippen LogP) is 2.08. The largest absolute Gasteiger partial charge is 0.372 e. The lowest BCUT2D eigenvalue weighted by Crippen LogP contribution is -2.36. The summed E-state index contributed by atoms with van der Waals surface area (Å²) >= 11 is 0. The quantitative estimate of drug-likeness (QED) is 0.657. The maximum atomic E-state index is 10.8. The molecule has 1 aromatic carbocycles. The zero-order valence-corrected chi connectivity index (χ0v) is 10.6. The molecule has 1 aliphatic rings. The molecule has 0 amide bonds. The van der Waals surface area contributed by atoms with Crippen LogP contribution in [0.1, 0.15) is 18.4 Å². The fourth-order valence-electron chi connectivity index (χ4n) is 2.47. The Morgan fingerprint density at radius 3 is 2.61 bits per heavy atom. The number of nitrogens with zero attached hydrogens (tertiary/aromatic N) is 2. The molecule has 0 radical (unpaired) electrons. The first kappa shape index (κ1) is 12.8. The maximum Gasteiger partial charge on any atom is 0.272 e. The van der Waals surface area contributed by atoms with E-state index in [2.05, 4.69) is 4.90 Å². The Balaban J connectivity index is 2.11. The van der Waals surface area contributed by atoms with Gasteiger partial charge in [-0.05, 0) is 44.4 Å². The molecule has 0 spiro atoms. The van der Waals surface area contributed by atoms with Gasteiger partial charge in [0.1, 0.15) is 0 Å². The van der Waals surface area contributed by atoms with Gasteiger partial charge in [-0.2, -0.15) is 0 Å². The summed E-state index contributed by atoms with van der Waals surface area (Å²) in [5.41, 5.74) is 7.66. The molecule has 0 atom stereocenters. The van der Waals surface area contributed by atoms with Gasteiger partial charge in [0.05, 0.1) is 4.92 Å². The highest BCUT2D eigenvalue weighted by atomic mass is 16.6. The van der Waals surface area contributed by atoms with Crippen LogP contribution in [0.25, 0.3) is 0 Å². The number of rotatable bonds is 3. The first-order valence-electron chi connectivity index (χ1n) is 6.32. The average Bonchev–Trinajstić information content (AvgIpc) is 2.38. The Labute approximate surface area is 107 Å². The SMILES string of the molecule is Cc1cc(N2CCC(CN)CC2)ccc1[N+](=O)[O-]. The monoisotopic (exact) mass is 249 g/mol. The van der Waals surface area contributed by atoms with Crippen LogP contribution in [0.3, 0.4) is 0 Å². The van der Waals surface area contributed by atoms with Crippen molar-refractivity contribution in [2.24, 2.45) is 11.7 Å². The lowest BCUT2D eigenvalue weighted by Gasteiger charge is -2.33. The molecule has 0 unspecified atom stereocenters. The molecule has 1 aromatic rings. The Bertz CT molecular complexity index is 440. The van der Waals surface area contributed by atoms with Crippen molar-refractivity contribution in [3.05, 3.63) is 33.9 Å². The molecule has 2 N–H and O–H groups in total. The third kappa shape index (κ3) is 2.61. The van der Waals surface area contributed by atoms with Crippen LogP contribution in [0.2, 0.25) is 0 Å². The predicted molar refractivity (Wildman–Crippen MR) is 71.8 cm³/mol. The summed E-state index contributed by atoms with van der Waals surface area (Å²) in [5, 5.41) is 10.8. The number of nitro groups is 1. The maximum absolute atomic E-state index is 10.8. The number of hydrogen-bond acceptors (Lipinski definition) is 4. The van der Waals surface area contributed by atoms with E-state index in [9.17, 15) is 10.1 Å². The number of piperidine rings is 1. The van der Waals surface area contributed by atoms with Crippen molar-refractivity contribution in [3.8, 4) is 0 Å². The number of benzene rings is 1. The van der Waals surface area contributed by atoms with Gasteiger partial charge in [-0.15, -0.1) is 0 Å². The molecule has 1 fully saturated rings. The highest BCUT2D eigenvalue weighted by Gasteiger charge is 2.19. The smallest absolute Gasteiger partial charge is 0.272 e. The molecule has 1 heterocycles. The molecule has 2 rings (SSSR count). The van der Waals surface area contributed by atoms with Crippen LogP contribution >= 0.6 is 0 Å². The van der Waals surface area contributed by atoms with Gasteiger partial charge < -0.3 is 10.6 Å². The zero-order chi connectivity index (χ0) is 13.1. The van der Waals surface area contributed by atoms with Gasteiger partial charge in [0.2, 0.25) is 0 Å². The number of nitro benzene ring substituents is 1. The summed E-state index contributed by atoms with van der Waals surface area (Å²) in [4.78, 5) is 12.7. The summed E-state index contributed by atoms with van der Waals surface area (Å²) in [6.07, 6.45) is 2.21. The third-order valence-electron chi connectivity index (χ3n) is 3.69. The van der Waals surface area contributed by atoms with Crippen LogP contribution < -0.4 is 10.6 Å². The van der Waals surface area contributed by atoms with Crippen molar-refractivity contribution >= 4 is 11.4 Å². The number of hydrogen-bond donors (Lipinski definition) is 1. The summed E-state index contributed by atoms with van der Waals surface area (Å²) in [6, 6.07) is 5.34. The van der Waals surface area contributed by atoms with E-state index in [1.54, 1.807) is 13.0 Å². The van der Waals surface area contributed by atoms with E-state index in [0.717, 1.165) is 43.7 Å². The Morgan fingerprint density at radius 1 is 1.44 bits per heavy atom. The van der Waals surface area contributed by atoms with Crippen LogP contribution in [0.4, 0.5) is 11.4 Å². The molecule has 0 aliphatic carbocycles. The van der Waals surface area contributed by atoms with Gasteiger partial charge in [-0.25, -0.2) is 0 Å². The minimum atomic E-state index is -0.334. The van der Waals surface area contributed by atoms with Gasteiger partial charge in [0, 0.05) is 30.4 Å². The molecule has 5 nitrogen and oxygen atoms in total. The van der Waals surface area contributed by atoms with Crippen molar-refractivity contribution in [1.29, 1.82) is 0 Å². The molecule has 1 saturated heterocycles. The van der Waals surface area contributed by atoms with Crippen LogP contribution in [0.15, 0.2) is 18.2 Å². The normalized spacial score (nSPS) is 16.9. The van der Waals surface area contributed by atoms with Gasteiger partial charge in [0.25, 0.3) is 5.69 Å². The highest BCUT2D eigenvalue weighted by molar-refractivity contribution is 5.55. The number of nitrogens with two attached hydrogens (primary N) is 1. The van der Waals surface area contributed by atoms with E-state index < -0.39 is 0 Å². The second kappa shape index (κ2) is 5.35. The Hall–Kier alpha value is -1.62. The number of aryl methyl sites for hydroxylation is 1. The summed E-state index contributed by atoms with van der Waals surface area (Å²) in [5.74, 6) is 0.625. The van der Waals surface area contributed by atoms with Crippen molar-refractivity contribution in [2.75, 3.05) is 24.5 Å². The van der Waals surface area contributed by atoms with Crippen molar-refractivity contribution in [2.45, 2.75) is 19.8 Å². The lowest BCUT2D eigenvalue weighted by atomic mass is 9.96. The van der Waals surface area contributed by atoms with E-state index in [1.807, 2.05) is 12.1 Å². The summed E-state index contributed by atoms with van der Waals surface area (Å²) in [7, 11) is 0. The molecule has 18 heavy (non-hydrogen) atoms. The zero-order valence-electron chi connectivity index (χ0n) is 10.6. The Morgan fingerprint density at radius 2 is 2.11 bits per heavy atom. The molecule has 1 aliphatic heterocycles. The second-order valence-electron chi connectivity index (χ2n) is 4.89. The molecule has 0 saturated carbocycles. The van der Waals surface area contributed by atoms with Crippen LogP contribution in [0.5, 0.6) is 0 Å². The molecule has 0 bridgehead atoms. The topological polar surface area (TPSA) is 72.4 Å². The van der Waals surface area contributed by atoms with Gasteiger partial charge >= 0.3 is 0 Å². The van der Waals surface area contributed by atoms with Gasteiger partial charge in [-0.1, -0.05) is 0 Å². The lowest BCUT2D eigenvalue weighted by molar-refractivity contribution is -0.385. The molecule has 0 aromatic heterocycles. The Kier molecular flexibility index (Phi) is 3.81. The second-order valence-corrected chi connectivity index (χ2v) is 4.89. The molecular formula is C13H19N3O2. The van der Waals surface area contributed by atoms with E-state index in [4.69, 9.17) is 5.73 Å². The van der Waals surface area contributed by atoms with Crippen LogP contribution in [-0.4, -0.2) is 24.6 Å². The van der Waals surface area contributed by atoms with E-state index in [0.29, 0.717) is 5.92 Å². The average molecular weight is 249 g/mol. The molecular weight excluding hydrogens is 230 g/mol. The standard InChI is InChI=1S/C13H19N3O2/c1-10-8-12(2-3-13(10)16(17)18)15-6-4-11(9-14)5-7-15/h2-3,8,11H,4-7,9,14H2,1H3. The highest BCUT2D eigenvalue weighted by Crippen LogP contribution is 2.27. The van der Waals surface area contributed by atoms with Gasteiger partial charge in [0.15, 0.2) is 0 Å². The van der Waals surface area contributed by atoms with Crippen LogP contribution in [-0.2, 0) is 0 Å². The number of anilines is 1. The fourth-order valence-corrected chi connectivity index (χ4v) is 2.47. The molecule has 5 heteroatoms. The first-order chi connectivity index (χ1) is 8.61. The minimum absolute atomic E-state index is 0.190. The summed E-state index contributed by atoms with van der Waals surface area (Å²) < 4.78 is 0. The van der Waals surface area contributed by atoms with Crippen molar-refractivity contribution in [3.63, 3.8) is 0 Å². The van der Waals surface area contributed by atoms with Crippen molar-refractivity contribution in [1.82, 2.24) is 0 Å².